The molecule has 5 heteroatoms. The van der Waals surface area contributed by atoms with E-state index in [9.17, 15) is 4.79 Å². The molecule has 5 nitrogen and oxygen atoms in total. The lowest BCUT2D eigenvalue weighted by molar-refractivity contribution is -0.121. The minimum Gasteiger partial charge on any atom is -0.360 e. The largest absolute Gasteiger partial charge is 0.360 e. The number of carbonyl (C=O) groups excluding carboxylic acids is 1. The highest BCUT2D eigenvalue weighted by atomic mass is 16.1. The average Bonchev–Trinajstić information content (AvgIpc) is 2.39. The van der Waals surface area contributed by atoms with Gasteiger partial charge in [0.25, 0.3) is 0 Å². The zero-order valence-electron chi connectivity index (χ0n) is 9.53. The van der Waals surface area contributed by atoms with Crippen molar-refractivity contribution < 1.29 is 4.79 Å². The molecule has 0 saturated carbocycles. The lowest BCUT2D eigenvalue weighted by atomic mass is 10.00. The number of nitrogens with zero attached hydrogens (tertiary/aromatic N) is 2. The molecule has 0 atom stereocenters. The minimum absolute atomic E-state index is 0.00457. The van der Waals surface area contributed by atoms with Crippen LogP contribution in [0.2, 0.25) is 0 Å². The Bertz CT molecular complexity index is 588. The number of fused-ring (bicyclic) bond motifs is 1. The Morgan fingerprint density at radius 3 is 2.83 bits per heavy atom. The Hall–Kier alpha value is -2.79. The number of allylic oxidation sites excluding steroid dienone is 1. The summed E-state index contributed by atoms with van der Waals surface area (Å²) in [5.74, 6) is 0.00457. The van der Waals surface area contributed by atoms with Crippen molar-refractivity contribution in [1.29, 1.82) is 10.5 Å². The van der Waals surface area contributed by atoms with Crippen molar-refractivity contribution in [3.05, 3.63) is 41.1 Å². The number of rotatable bonds is 2. The molecule has 0 radical (unpaired) electrons. The normalized spacial score (nSPS) is 12.4. The van der Waals surface area contributed by atoms with Crippen molar-refractivity contribution in [2.45, 2.75) is 13.0 Å². The van der Waals surface area contributed by atoms with Crippen molar-refractivity contribution in [3.63, 3.8) is 0 Å². The van der Waals surface area contributed by atoms with Gasteiger partial charge in [-0.3, -0.25) is 4.79 Å². The van der Waals surface area contributed by atoms with Gasteiger partial charge in [-0.05, 0) is 23.3 Å². The Morgan fingerprint density at radius 2 is 2.11 bits per heavy atom. The lowest BCUT2D eigenvalue weighted by Crippen LogP contribution is -2.30. The molecule has 0 saturated heterocycles. The van der Waals surface area contributed by atoms with Gasteiger partial charge >= 0.3 is 0 Å². The molecule has 1 aromatic rings. The van der Waals surface area contributed by atoms with Crippen molar-refractivity contribution in [1.82, 2.24) is 5.32 Å². The Kier molecular flexibility index (Phi) is 3.26. The highest BCUT2D eigenvalue weighted by Gasteiger charge is 2.14. The first kappa shape index (κ1) is 11.7. The Balaban J connectivity index is 2.20. The molecule has 0 fully saturated rings. The smallest absolute Gasteiger partial charge is 0.224 e. The molecule has 2 rings (SSSR count). The number of hydrogen-bond donors (Lipinski definition) is 2. The first-order valence-electron chi connectivity index (χ1n) is 5.38. The molecular formula is C13H10N4O. The van der Waals surface area contributed by atoms with Gasteiger partial charge < -0.3 is 10.6 Å². The third-order valence-electron chi connectivity index (χ3n) is 2.66. The quantitative estimate of drug-likeness (QED) is 0.758. The summed E-state index contributed by atoms with van der Waals surface area (Å²) >= 11 is 0. The van der Waals surface area contributed by atoms with Gasteiger partial charge in [-0.1, -0.05) is 6.07 Å². The van der Waals surface area contributed by atoms with E-state index in [-0.39, 0.29) is 11.5 Å². The molecule has 0 aromatic heterocycles. The predicted molar refractivity (Wildman–Crippen MR) is 64.9 cm³/mol. The fourth-order valence-electron chi connectivity index (χ4n) is 1.73. The van der Waals surface area contributed by atoms with Crippen LogP contribution in [0.25, 0.3) is 0 Å². The number of amides is 1. The standard InChI is InChI=1S/C13H10N4O/c14-5-9(6-15)7-16-12-2-1-10-8-17-13(18)4-11(10)3-12/h1-3,7,16H,4,8H2,(H,17,18). The third kappa shape index (κ3) is 2.47. The molecule has 0 spiro atoms. The number of nitriles is 2. The number of carbonyl (C=O) groups is 1. The van der Waals surface area contributed by atoms with Gasteiger partial charge in [0.1, 0.15) is 17.7 Å². The van der Waals surface area contributed by atoms with E-state index >= 15 is 0 Å². The topological polar surface area (TPSA) is 88.7 Å². The van der Waals surface area contributed by atoms with Gasteiger partial charge in [0.2, 0.25) is 5.91 Å². The van der Waals surface area contributed by atoms with E-state index in [2.05, 4.69) is 10.6 Å². The van der Waals surface area contributed by atoms with Crippen LogP contribution in [0.15, 0.2) is 30.0 Å². The van der Waals surface area contributed by atoms with Crippen molar-refractivity contribution in [3.8, 4) is 12.1 Å². The number of anilines is 1. The summed E-state index contributed by atoms with van der Waals surface area (Å²) < 4.78 is 0. The zero-order chi connectivity index (χ0) is 13.0. The fraction of sp³-hybridized carbons (Fsp3) is 0.154. The molecule has 88 valence electrons. The van der Waals surface area contributed by atoms with Crippen molar-refractivity contribution in [2.75, 3.05) is 5.32 Å². The molecule has 1 aliphatic rings. The summed E-state index contributed by atoms with van der Waals surface area (Å²) in [6.07, 6.45) is 1.71. The fourth-order valence-corrected chi connectivity index (χ4v) is 1.73. The number of hydrogen-bond acceptors (Lipinski definition) is 4. The van der Waals surface area contributed by atoms with E-state index in [1.165, 1.54) is 6.20 Å². The molecular weight excluding hydrogens is 228 g/mol. The summed E-state index contributed by atoms with van der Waals surface area (Å²) in [5.41, 5.74) is 2.81. The van der Waals surface area contributed by atoms with Gasteiger partial charge in [-0.2, -0.15) is 10.5 Å². The second-order valence-electron chi connectivity index (χ2n) is 3.86. The highest BCUT2D eigenvalue weighted by Crippen LogP contribution is 2.19. The molecule has 1 heterocycles. The maximum atomic E-state index is 11.3. The van der Waals surface area contributed by atoms with Gasteiger partial charge in [0.15, 0.2) is 0 Å². The SMILES string of the molecule is N#CC(C#N)=CNc1ccc2c(c1)CC(=O)NC2. The van der Waals surface area contributed by atoms with Crippen LogP contribution in [0, 0.1) is 22.7 Å². The first-order chi connectivity index (χ1) is 8.72. The van der Waals surface area contributed by atoms with E-state index in [1.54, 1.807) is 12.1 Å². The summed E-state index contributed by atoms with van der Waals surface area (Å²) in [7, 11) is 0. The van der Waals surface area contributed by atoms with Gasteiger partial charge in [-0.15, -0.1) is 0 Å². The summed E-state index contributed by atoms with van der Waals surface area (Å²) in [5, 5.41) is 22.8. The van der Waals surface area contributed by atoms with Crippen molar-refractivity contribution >= 4 is 11.6 Å². The minimum atomic E-state index is 0.00457. The van der Waals surface area contributed by atoms with Crippen molar-refractivity contribution in [2.24, 2.45) is 0 Å². The second kappa shape index (κ2) is 5.03. The monoisotopic (exact) mass is 238 g/mol. The molecule has 0 aliphatic carbocycles. The molecule has 0 bridgehead atoms. The first-order valence-corrected chi connectivity index (χ1v) is 5.38. The average molecular weight is 238 g/mol. The van der Waals surface area contributed by atoms with E-state index in [4.69, 9.17) is 10.5 Å². The number of nitrogens with one attached hydrogen (secondary N) is 2. The molecule has 1 aliphatic heterocycles. The maximum Gasteiger partial charge on any atom is 0.224 e. The van der Waals surface area contributed by atoms with E-state index in [1.807, 2.05) is 18.2 Å². The Labute approximate surface area is 104 Å². The summed E-state index contributed by atoms with van der Waals surface area (Å²) in [6, 6.07) is 9.15. The van der Waals surface area contributed by atoms with Crippen LogP contribution in [0.5, 0.6) is 0 Å². The third-order valence-corrected chi connectivity index (χ3v) is 2.66. The van der Waals surface area contributed by atoms with Gasteiger partial charge in [0.05, 0.1) is 6.42 Å². The van der Waals surface area contributed by atoms with Crippen LogP contribution < -0.4 is 10.6 Å². The summed E-state index contributed by atoms with van der Waals surface area (Å²) in [6.45, 7) is 0.548. The maximum absolute atomic E-state index is 11.3. The summed E-state index contributed by atoms with van der Waals surface area (Å²) in [4.78, 5) is 11.3. The van der Waals surface area contributed by atoms with Crippen LogP contribution in [-0.2, 0) is 17.8 Å². The lowest BCUT2D eigenvalue weighted by Gasteiger charge is -2.17. The molecule has 1 amide bonds. The van der Waals surface area contributed by atoms with Crippen LogP contribution >= 0.6 is 0 Å². The van der Waals surface area contributed by atoms with Crippen LogP contribution in [0.3, 0.4) is 0 Å². The van der Waals surface area contributed by atoms with Crippen LogP contribution in [0.1, 0.15) is 11.1 Å². The van der Waals surface area contributed by atoms with E-state index in [0.717, 1.165) is 16.8 Å². The van der Waals surface area contributed by atoms with Gasteiger partial charge in [0, 0.05) is 18.4 Å². The van der Waals surface area contributed by atoms with Crippen LogP contribution in [0.4, 0.5) is 5.69 Å². The predicted octanol–water partition coefficient (Wildman–Crippen LogP) is 1.20. The zero-order valence-corrected chi connectivity index (χ0v) is 9.53. The van der Waals surface area contributed by atoms with E-state index < -0.39 is 0 Å². The molecule has 1 aromatic carbocycles. The highest BCUT2D eigenvalue weighted by molar-refractivity contribution is 5.81. The van der Waals surface area contributed by atoms with Gasteiger partial charge in [-0.25, -0.2) is 0 Å². The molecule has 18 heavy (non-hydrogen) atoms. The second-order valence-corrected chi connectivity index (χ2v) is 3.86. The number of benzene rings is 1. The van der Waals surface area contributed by atoms with E-state index in [0.29, 0.717) is 13.0 Å². The van der Waals surface area contributed by atoms with Crippen LogP contribution in [-0.4, -0.2) is 5.91 Å². The molecule has 2 N–H and O–H groups in total. The molecule has 0 unspecified atom stereocenters. The Morgan fingerprint density at radius 1 is 1.33 bits per heavy atom.